The summed E-state index contributed by atoms with van der Waals surface area (Å²) in [7, 11) is 0. The Morgan fingerprint density at radius 1 is 1.17 bits per heavy atom. The van der Waals surface area contributed by atoms with Crippen molar-refractivity contribution in [1.29, 1.82) is 0 Å². The summed E-state index contributed by atoms with van der Waals surface area (Å²) in [6.07, 6.45) is 1.65. The van der Waals surface area contributed by atoms with Gasteiger partial charge in [-0.15, -0.1) is 12.4 Å². The second-order valence-electron chi connectivity index (χ2n) is 5.14. The molecule has 2 atom stereocenters. The molecule has 0 aliphatic heterocycles. The minimum Gasteiger partial charge on any atom is -0.760 e. The maximum Gasteiger partial charge on any atom is 0.249 e. The SMILES string of the molecule is CC(NS(=O)[O-])c1ccc(-c2ccnc3[nH]c(=O)ccc23)cc1.Cl. The van der Waals surface area contributed by atoms with Gasteiger partial charge in [-0.25, -0.2) is 9.71 Å². The number of nitrogens with one attached hydrogen (secondary N) is 2. The first-order valence-electron chi connectivity index (χ1n) is 6.98. The van der Waals surface area contributed by atoms with Crippen LogP contribution >= 0.6 is 12.4 Å². The smallest absolute Gasteiger partial charge is 0.249 e. The average molecular weight is 365 g/mol. The number of hydrogen-bond acceptors (Lipinski definition) is 4. The Morgan fingerprint density at radius 2 is 1.88 bits per heavy atom. The summed E-state index contributed by atoms with van der Waals surface area (Å²) in [6.45, 7) is 1.78. The van der Waals surface area contributed by atoms with E-state index in [4.69, 9.17) is 0 Å². The molecule has 2 N–H and O–H groups in total. The van der Waals surface area contributed by atoms with Crippen LogP contribution in [0.5, 0.6) is 0 Å². The second-order valence-corrected chi connectivity index (χ2v) is 5.84. The highest BCUT2D eigenvalue weighted by atomic mass is 35.5. The summed E-state index contributed by atoms with van der Waals surface area (Å²) in [6, 6.07) is 12.4. The number of pyridine rings is 2. The van der Waals surface area contributed by atoms with Gasteiger partial charge in [0.25, 0.3) is 0 Å². The zero-order valence-corrected chi connectivity index (χ0v) is 14.3. The van der Waals surface area contributed by atoms with Gasteiger partial charge in [0.2, 0.25) is 5.56 Å². The average Bonchev–Trinajstić information content (AvgIpc) is 2.53. The van der Waals surface area contributed by atoms with Gasteiger partial charge in [-0.05, 0) is 35.7 Å². The van der Waals surface area contributed by atoms with Crippen LogP contribution in [-0.4, -0.2) is 18.7 Å². The first-order chi connectivity index (χ1) is 11.0. The number of aromatic amines is 1. The Bertz CT molecular complexity index is 928. The number of halogens is 1. The van der Waals surface area contributed by atoms with Crippen LogP contribution in [0, 0.1) is 0 Å². The molecule has 8 heteroatoms. The third kappa shape index (κ3) is 3.88. The van der Waals surface area contributed by atoms with Crippen LogP contribution in [0.2, 0.25) is 0 Å². The lowest BCUT2D eigenvalue weighted by atomic mass is 10.00. The van der Waals surface area contributed by atoms with Gasteiger partial charge >= 0.3 is 0 Å². The van der Waals surface area contributed by atoms with Crippen LogP contribution in [0.3, 0.4) is 0 Å². The molecular formula is C16H15ClN3O3S-. The van der Waals surface area contributed by atoms with Crippen LogP contribution < -0.4 is 10.3 Å². The maximum atomic E-state index is 11.4. The second kappa shape index (κ2) is 7.67. The molecule has 2 aromatic heterocycles. The maximum absolute atomic E-state index is 11.4. The number of fused-ring (bicyclic) bond motifs is 1. The Labute approximate surface area is 147 Å². The van der Waals surface area contributed by atoms with E-state index in [1.807, 2.05) is 30.3 Å². The van der Waals surface area contributed by atoms with Crippen molar-refractivity contribution < 1.29 is 8.76 Å². The van der Waals surface area contributed by atoms with Crippen LogP contribution in [0.4, 0.5) is 0 Å². The van der Waals surface area contributed by atoms with E-state index in [1.165, 1.54) is 6.07 Å². The van der Waals surface area contributed by atoms with Crippen molar-refractivity contribution in [2.24, 2.45) is 0 Å². The molecular weight excluding hydrogens is 350 g/mol. The number of nitrogens with zero attached hydrogens (tertiary/aromatic N) is 1. The van der Waals surface area contributed by atoms with Gasteiger partial charge in [0.05, 0.1) is 0 Å². The quantitative estimate of drug-likeness (QED) is 0.695. The Morgan fingerprint density at radius 3 is 2.54 bits per heavy atom. The van der Waals surface area contributed by atoms with E-state index in [9.17, 15) is 13.6 Å². The summed E-state index contributed by atoms with van der Waals surface area (Å²) in [5.41, 5.74) is 3.12. The summed E-state index contributed by atoms with van der Waals surface area (Å²) < 4.78 is 23.8. The van der Waals surface area contributed by atoms with E-state index in [0.717, 1.165) is 22.1 Å². The van der Waals surface area contributed by atoms with Crippen molar-refractivity contribution in [2.45, 2.75) is 13.0 Å². The first-order valence-corrected chi connectivity index (χ1v) is 8.06. The fraction of sp³-hybridized carbons (Fsp3) is 0.125. The van der Waals surface area contributed by atoms with Gasteiger partial charge in [0.1, 0.15) is 5.65 Å². The van der Waals surface area contributed by atoms with Crippen LogP contribution in [0.25, 0.3) is 22.2 Å². The molecule has 0 amide bonds. The zero-order chi connectivity index (χ0) is 16.4. The number of aromatic nitrogens is 2. The third-order valence-electron chi connectivity index (χ3n) is 3.63. The summed E-state index contributed by atoms with van der Waals surface area (Å²) >= 11 is -2.30. The van der Waals surface area contributed by atoms with E-state index in [1.54, 1.807) is 19.2 Å². The first kappa shape index (κ1) is 18.3. The molecule has 1 aromatic carbocycles. The molecule has 0 aliphatic carbocycles. The van der Waals surface area contributed by atoms with Gasteiger partial charge < -0.3 is 9.54 Å². The zero-order valence-electron chi connectivity index (χ0n) is 12.7. The van der Waals surface area contributed by atoms with E-state index < -0.39 is 11.3 Å². The molecule has 24 heavy (non-hydrogen) atoms. The van der Waals surface area contributed by atoms with E-state index >= 15 is 0 Å². The fourth-order valence-electron chi connectivity index (χ4n) is 2.47. The largest absolute Gasteiger partial charge is 0.760 e. The van der Waals surface area contributed by atoms with Gasteiger partial charge in [0, 0.05) is 35.0 Å². The highest BCUT2D eigenvalue weighted by Gasteiger charge is 2.08. The van der Waals surface area contributed by atoms with Crippen molar-refractivity contribution >= 4 is 34.7 Å². The lowest BCUT2D eigenvalue weighted by molar-refractivity contribution is 0.512. The lowest BCUT2D eigenvalue weighted by Crippen LogP contribution is -2.20. The molecule has 0 fully saturated rings. The Balaban J connectivity index is 0.00000208. The number of H-pyrrole nitrogens is 1. The Hall–Kier alpha value is -2.06. The minimum atomic E-state index is -2.30. The normalized spacial score (nSPS) is 13.2. The predicted molar refractivity (Wildman–Crippen MR) is 95.5 cm³/mol. The molecule has 0 aliphatic rings. The number of hydrogen-bond donors (Lipinski definition) is 2. The standard InChI is InChI=1S/C16H15N3O3S.ClH/c1-10(19-23(21)22)11-2-4-12(5-3-11)13-8-9-17-16-14(13)6-7-15(20)18-16;/h2-10,19H,1H3,(H,21,22)(H,17,18,20);1H/p-1. The molecule has 2 heterocycles. The minimum absolute atomic E-state index is 0. The van der Waals surface area contributed by atoms with Crippen molar-refractivity contribution in [3.8, 4) is 11.1 Å². The van der Waals surface area contributed by atoms with E-state index in [0.29, 0.717) is 5.65 Å². The predicted octanol–water partition coefficient (Wildman–Crippen LogP) is 2.46. The van der Waals surface area contributed by atoms with Crippen molar-refractivity contribution in [3.63, 3.8) is 0 Å². The molecule has 0 saturated heterocycles. The van der Waals surface area contributed by atoms with Gasteiger partial charge in [-0.3, -0.25) is 9.00 Å². The van der Waals surface area contributed by atoms with Crippen LogP contribution in [-0.2, 0) is 11.3 Å². The van der Waals surface area contributed by atoms with Crippen molar-refractivity contribution in [1.82, 2.24) is 14.7 Å². The van der Waals surface area contributed by atoms with E-state index in [-0.39, 0.29) is 24.0 Å². The summed E-state index contributed by atoms with van der Waals surface area (Å²) in [5.74, 6) is 0. The van der Waals surface area contributed by atoms with Crippen molar-refractivity contribution in [3.05, 3.63) is 64.6 Å². The molecule has 3 rings (SSSR count). The fourth-order valence-corrected chi connectivity index (χ4v) is 2.90. The summed E-state index contributed by atoms with van der Waals surface area (Å²) in [4.78, 5) is 18.3. The molecule has 3 aromatic rings. The lowest BCUT2D eigenvalue weighted by Gasteiger charge is -2.16. The molecule has 126 valence electrons. The van der Waals surface area contributed by atoms with Crippen molar-refractivity contribution in [2.75, 3.05) is 0 Å². The molecule has 0 bridgehead atoms. The number of benzene rings is 1. The summed E-state index contributed by atoms with van der Waals surface area (Å²) in [5, 5.41) is 0.853. The molecule has 0 radical (unpaired) electrons. The van der Waals surface area contributed by atoms with Gasteiger partial charge in [-0.2, -0.15) is 0 Å². The van der Waals surface area contributed by atoms with Crippen LogP contribution in [0.15, 0.2) is 53.5 Å². The van der Waals surface area contributed by atoms with E-state index in [2.05, 4.69) is 14.7 Å². The molecule has 0 spiro atoms. The van der Waals surface area contributed by atoms with Crippen LogP contribution in [0.1, 0.15) is 18.5 Å². The topological polar surface area (TPSA) is 97.9 Å². The molecule has 2 unspecified atom stereocenters. The highest BCUT2D eigenvalue weighted by molar-refractivity contribution is 7.77. The number of rotatable bonds is 4. The monoisotopic (exact) mass is 364 g/mol. The molecule has 6 nitrogen and oxygen atoms in total. The third-order valence-corrected chi connectivity index (χ3v) is 4.17. The van der Waals surface area contributed by atoms with Gasteiger partial charge in [0.15, 0.2) is 0 Å². The Kier molecular flexibility index (Phi) is 5.84. The van der Waals surface area contributed by atoms with Gasteiger partial charge in [-0.1, -0.05) is 24.3 Å². The molecule has 0 saturated carbocycles. The highest BCUT2D eigenvalue weighted by Crippen LogP contribution is 2.27.